The number of carbonyl (C=O) groups is 2. The van der Waals surface area contributed by atoms with E-state index in [9.17, 15) is 14.4 Å². The highest BCUT2D eigenvalue weighted by Crippen LogP contribution is 2.34. The van der Waals surface area contributed by atoms with Gasteiger partial charge in [-0.1, -0.05) is 48.0 Å². The number of hydrogen-bond donors (Lipinski definition) is 2. The fraction of sp³-hybridized carbons (Fsp3) is 0.258. The smallest absolute Gasteiger partial charge is 0.222 e. The van der Waals surface area contributed by atoms with Gasteiger partial charge in [0.2, 0.25) is 14.2 Å². The number of nitrogens with zero attached hydrogens (tertiary/aromatic N) is 4. The van der Waals surface area contributed by atoms with Crippen LogP contribution in [0.2, 0.25) is 18.1 Å². The summed E-state index contributed by atoms with van der Waals surface area (Å²) >= 11 is 6.19. The molecule has 3 aromatic carbocycles. The highest BCUT2D eigenvalue weighted by Gasteiger charge is 2.30. The van der Waals surface area contributed by atoms with E-state index >= 15 is 0 Å². The Labute approximate surface area is 250 Å². The Bertz CT molecular complexity index is 1660. The molecule has 0 unspecified atom stereocenters. The molecule has 0 saturated heterocycles. The first-order valence-electron chi connectivity index (χ1n) is 13.7. The van der Waals surface area contributed by atoms with Crippen molar-refractivity contribution in [2.24, 2.45) is 4.99 Å². The van der Waals surface area contributed by atoms with Crippen LogP contribution in [0, 0.1) is 6.92 Å². The number of Topliss-reactive ketones (excluding diaryl/α,β-unsaturated/α-hetero) is 1. The van der Waals surface area contributed by atoms with Crippen molar-refractivity contribution in [3.63, 3.8) is 0 Å². The van der Waals surface area contributed by atoms with E-state index in [1.807, 2.05) is 55.8 Å². The van der Waals surface area contributed by atoms with Gasteiger partial charge in [-0.2, -0.15) is 0 Å². The van der Waals surface area contributed by atoms with Crippen molar-refractivity contribution in [2.75, 3.05) is 13.2 Å². The Morgan fingerprint density at radius 1 is 1.05 bits per heavy atom. The van der Waals surface area contributed by atoms with Gasteiger partial charge >= 0.3 is 0 Å². The predicted molar refractivity (Wildman–Crippen MR) is 165 cm³/mol. The zero-order valence-electron chi connectivity index (χ0n) is 23.9. The van der Waals surface area contributed by atoms with E-state index in [2.05, 4.69) is 15.5 Å². The minimum atomic E-state index is -2.46. The van der Waals surface area contributed by atoms with Crippen LogP contribution < -0.4 is 15.2 Å². The van der Waals surface area contributed by atoms with Crippen LogP contribution in [0.25, 0.3) is 5.69 Å². The number of ketones is 1. The number of hydrogen-bond acceptors (Lipinski definition) is 7. The zero-order chi connectivity index (χ0) is 30.0. The normalized spacial score (nSPS) is 14.3. The van der Waals surface area contributed by atoms with Crippen molar-refractivity contribution < 1.29 is 19.1 Å². The molecule has 1 aliphatic heterocycles. The lowest BCUT2D eigenvalue weighted by Gasteiger charge is -2.15. The minimum Gasteiger partial charge on any atom is -0.485 e. The van der Waals surface area contributed by atoms with Crippen molar-refractivity contribution in [1.29, 1.82) is 0 Å². The average molecular weight is 602 g/mol. The summed E-state index contributed by atoms with van der Waals surface area (Å²) in [6.07, 6.45) is 0.101. The summed E-state index contributed by atoms with van der Waals surface area (Å²) in [5, 5.41) is 13.0. The Balaban J connectivity index is 1.51. The van der Waals surface area contributed by atoms with Crippen LogP contribution in [0.3, 0.4) is 0 Å². The maximum atomic E-state index is 12.9. The second-order valence-electron chi connectivity index (χ2n) is 10.6. The molecule has 0 aliphatic carbocycles. The quantitative estimate of drug-likeness (QED) is 0.218. The second kappa shape index (κ2) is 12.0. The maximum absolute atomic E-state index is 12.9. The molecular formula is C31H32ClN5O4Si. The molecule has 42 heavy (non-hydrogen) atoms. The van der Waals surface area contributed by atoms with E-state index in [4.69, 9.17) is 21.3 Å². The molecule has 1 aliphatic rings. The summed E-state index contributed by atoms with van der Waals surface area (Å²) in [6, 6.07) is 19.3. The molecule has 5 rings (SSSR count). The van der Waals surface area contributed by atoms with Gasteiger partial charge in [0, 0.05) is 28.3 Å². The number of ether oxygens (including phenoxy) is 1. The summed E-state index contributed by atoms with van der Waals surface area (Å²) in [6.45, 7) is 7.73. The fourth-order valence-electron chi connectivity index (χ4n) is 4.88. The number of aromatic nitrogens is 3. The Morgan fingerprint density at radius 2 is 1.76 bits per heavy atom. The molecule has 4 aromatic rings. The van der Waals surface area contributed by atoms with E-state index in [1.165, 1.54) is 0 Å². The molecule has 0 radical (unpaired) electrons. The van der Waals surface area contributed by atoms with Crippen molar-refractivity contribution >= 4 is 42.5 Å². The van der Waals surface area contributed by atoms with Gasteiger partial charge < -0.3 is 14.8 Å². The lowest BCUT2D eigenvalue weighted by molar-refractivity contribution is -0.121. The molecule has 0 fully saturated rings. The van der Waals surface area contributed by atoms with Crippen LogP contribution in [0.4, 0.5) is 0 Å². The maximum Gasteiger partial charge on any atom is 0.222 e. The van der Waals surface area contributed by atoms with E-state index < -0.39 is 14.4 Å². The molecule has 216 valence electrons. The van der Waals surface area contributed by atoms with E-state index in [-0.39, 0.29) is 24.7 Å². The lowest BCUT2D eigenvalue weighted by atomic mass is 10.00. The van der Waals surface area contributed by atoms with Crippen LogP contribution in [0.15, 0.2) is 71.7 Å². The summed E-state index contributed by atoms with van der Waals surface area (Å²) in [7, 11) is -2.46. The van der Waals surface area contributed by atoms with Crippen LogP contribution in [0.5, 0.6) is 5.75 Å². The first-order chi connectivity index (χ1) is 20.0. The number of rotatable bonds is 9. The summed E-state index contributed by atoms with van der Waals surface area (Å²) in [5.41, 5.74) is 3.48. The molecule has 11 heteroatoms. The third-order valence-electron chi connectivity index (χ3n) is 7.05. The standard InChI is InChI=1S/C31H32ClN5O4Si/c1-5-33-29(39)17-26-31-36-35-19(2)37(31)27-15-12-23(16-25(27)30(34-26)21-6-10-22(32)11-7-21)41-18-28(38)20-8-13-24(14-9-20)42(3,4)40/h6-16,26,40H,5,17-18H2,1-4H3,(H,33,39)/t26-/m0/s1. The molecule has 2 N–H and O–H groups in total. The van der Waals surface area contributed by atoms with Gasteiger partial charge in [0.05, 0.1) is 17.8 Å². The third kappa shape index (κ3) is 6.20. The molecule has 9 nitrogen and oxygen atoms in total. The van der Waals surface area contributed by atoms with Gasteiger partial charge in [-0.3, -0.25) is 19.1 Å². The second-order valence-corrected chi connectivity index (χ2v) is 14.8. The number of fused-ring (bicyclic) bond motifs is 3. The molecule has 1 atom stereocenters. The number of aryl methyl sites for hydroxylation is 1. The number of aliphatic imine (C=N–C) groups is 1. The van der Waals surface area contributed by atoms with Crippen molar-refractivity contribution in [1.82, 2.24) is 20.1 Å². The van der Waals surface area contributed by atoms with E-state index in [0.29, 0.717) is 40.2 Å². The first-order valence-corrected chi connectivity index (χ1v) is 17.0. The largest absolute Gasteiger partial charge is 0.485 e. The number of nitrogens with one attached hydrogen (secondary N) is 1. The summed E-state index contributed by atoms with van der Waals surface area (Å²) < 4.78 is 7.89. The van der Waals surface area contributed by atoms with Gasteiger partial charge in [0.15, 0.2) is 18.2 Å². The third-order valence-corrected chi connectivity index (χ3v) is 9.05. The van der Waals surface area contributed by atoms with Crippen LogP contribution in [-0.2, 0) is 4.79 Å². The number of benzene rings is 3. The zero-order valence-corrected chi connectivity index (χ0v) is 25.6. The highest BCUT2D eigenvalue weighted by molar-refractivity contribution is 6.83. The number of carbonyl (C=O) groups excluding carboxylic acids is 2. The van der Waals surface area contributed by atoms with Gasteiger partial charge in [-0.05, 0) is 62.5 Å². The Hall–Kier alpha value is -4.12. The molecule has 1 amide bonds. The van der Waals surface area contributed by atoms with Gasteiger partial charge in [-0.25, -0.2) is 0 Å². The van der Waals surface area contributed by atoms with Gasteiger partial charge in [0.1, 0.15) is 17.6 Å². The molecule has 0 saturated carbocycles. The molecule has 0 bridgehead atoms. The molecular weight excluding hydrogens is 570 g/mol. The Morgan fingerprint density at radius 3 is 2.43 bits per heavy atom. The predicted octanol–water partition coefficient (Wildman–Crippen LogP) is 4.31. The average Bonchev–Trinajstić information content (AvgIpc) is 3.29. The van der Waals surface area contributed by atoms with E-state index in [0.717, 1.165) is 22.0 Å². The molecule has 0 spiro atoms. The van der Waals surface area contributed by atoms with Crippen LogP contribution in [0.1, 0.15) is 52.5 Å². The highest BCUT2D eigenvalue weighted by atomic mass is 35.5. The monoisotopic (exact) mass is 601 g/mol. The fourth-order valence-corrected chi connectivity index (χ4v) is 5.99. The van der Waals surface area contributed by atoms with Crippen molar-refractivity contribution in [3.8, 4) is 11.4 Å². The van der Waals surface area contributed by atoms with Crippen LogP contribution in [-0.4, -0.2) is 58.4 Å². The first kappa shape index (κ1) is 29.4. The molecule has 2 heterocycles. The summed E-state index contributed by atoms with van der Waals surface area (Å²) in [5.74, 6) is 1.38. The Kier molecular flexibility index (Phi) is 8.40. The summed E-state index contributed by atoms with van der Waals surface area (Å²) in [4.78, 5) is 41.0. The van der Waals surface area contributed by atoms with Crippen molar-refractivity contribution in [2.45, 2.75) is 39.4 Å². The van der Waals surface area contributed by atoms with Crippen molar-refractivity contribution in [3.05, 3.63) is 100 Å². The minimum absolute atomic E-state index is 0.101. The molecule has 1 aromatic heterocycles. The topological polar surface area (TPSA) is 119 Å². The SMILES string of the molecule is CCNC(=O)C[C@@H]1N=C(c2ccc(Cl)cc2)c2cc(OCC(=O)c3ccc([Si](C)(C)O)cc3)ccc2-n2c(C)nnc21. The lowest BCUT2D eigenvalue weighted by Crippen LogP contribution is -2.41. The van der Waals surface area contributed by atoms with Crippen LogP contribution >= 0.6 is 11.6 Å². The number of amides is 1. The van der Waals surface area contributed by atoms with E-state index in [1.54, 1.807) is 42.5 Å². The van der Waals surface area contributed by atoms with Gasteiger partial charge in [0.25, 0.3) is 0 Å². The van der Waals surface area contributed by atoms with Gasteiger partial charge in [-0.15, -0.1) is 10.2 Å². The number of halogens is 1.